The van der Waals surface area contributed by atoms with Crippen LogP contribution in [0.2, 0.25) is 0 Å². The second-order valence-electron chi connectivity index (χ2n) is 2.59. The molecule has 1 amide bonds. The van der Waals surface area contributed by atoms with Gasteiger partial charge in [-0.25, -0.2) is 0 Å². The average molecular weight is 146 g/mol. The maximum absolute atomic E-state index is 10.2. The third-order valence-electron chi connectivity index (χ3n) is 1.01. The van der Waals surface area contributed by atoms with E-state index in [1.54, 1.807) is 4.90 Å². The molecule has 0 aliphatic carbocycles. The molecule has 0 spiro atoms. The number of amides is 1. The molecule has 0 saturated carbocycles. The van der Waals surface area contributed by atoms with Crippen LogP contribution < -0.4 is 5.73 Å². The maximum Gasteiger partial charge on any atom is 0.220 e. The second-order valence-corrected chi connectivity index (χ2v) is 2.59. The van der Waals surface area contributed by atoms with Crippen LogP contribution in [0, 0.1) is 0 Å². The summed E-state index contributed by atoms with van der Waals surface area (Å²) in [7, 11) is 3.65. The quantitative estimate of drug-likeness (QED) is 0.522. The van der Waals surface area contributed by atoms with Gasteiger partial charge in [-0.1, -0.05) is 0 Å². The Morgan fingerprint density at radius 2 is 2.20 bits per heavy atom. The second kappa shape index (κ2) is 4.24. The van der Waals surface area contributed by atoms with Crippen LogP contribution in [0.1, 0.15) is 6.42 Å². The fraction of sp³-hybridized carbons (Fsp3) is 0.833. The zero-order valence-corrected chi connectivity index (χ0v) is 6.37. The molecule has 4 nitrogen and oxygen atoms in total. The van der Waals surface area contributed by atoms with Crippen LogP contribution in [0.25, 0.3) is 0 Å². The Morgan fingerprint density at radius 1 is 1.70 bits per heavy atom. The Hall–Kier alpha value is -0.610. The third kappa shape index (κ3) is 5.53. The van der Waals surface area contributed by atoms with Gasteiger partial charge < -0.3 is 15.7 Å². The number of carbonyl (C=O) groups excluding carboxylic acids is 1. The molecule has 1 atom stereocenters. The monoisotopic (exact) mass is 146 g/mol. The zero-order valence-electron chi connectivity index (χ0n) is 6.37. The number of primary amides is 1. The Balaban J connectivity index is 3.43. The number of hydrogen-bond donors (Lipinski definition) is 2. The number of nitrogens with two attached hydrogens (primary N) is 1. The van der Waals surface area contributed by atoms with Gasteiger partial charge in [-0.3, -0.25) is 4.79 Å². The normalized spacial score (nSPS) is 13.6. The first-order valence-electron chi connectivity index (χ1n) is 3.13. The van der Waals surface area contributed by atoms with Crippen LogP contribution in [0.15, 0.2) is 0 Å². The molecule has 60 valence electrons. The SMILES string of the molecule is CN(C)CC(O)CC(N)=O. The highest BCUT2D eigenvalue weighted by molar-refractivity contribution is 5.74. The predicted molar refractivity (Wildman–Crippen MR) is 38.4 cm³/mol. The Bertz CT molecular complexity index is 114. The first-order valence-corrected chi connectivity index (χ1v) is 3.13. The standard InChI is InChI=1S/C6H14N2O2/c1-8(2)4-5(9)3-6(7)10/h5,9H,3-4H2,1-2H3,(H2,7,10). The van der Waals surface area contributed by atoms with Crippen molar-refractivity contribution in [3.8, 4) is 0 Å². The molecule has 0 aromatic heterocycles. The lowest BCUT2D eigenvalue weighted by atomic mass is 10.2. The minimum atomic E-state index is -0.632. The molecule has 0 aromatic rings. The van der Waals surface area contributed by atoms with Crippen molar-refractivity contribution in [2.24, 2.45) is 5.73 Å². The van der Waals surface area contributed by atoms with Crippen LogP contribution in [-0.4, -0.2) is 42.7 Å². The van der Waals surface area contributed by atoms with Gasteiger partial charge in [0.2, 0.25) is 5.91 Å². The molecule has 0 aromatic carbocycles. The van der Waals surface area contributed by atoms with E-state index >= 15 is 0 Å². The molecule has 1 unspecified atom stereocenters. The molecule has 0 aliphatic rings. The van der Waals surface area contributed by atoms with Gasteiger partial charge in [0.15, 0.2) is 0 Å². The smallest absolute Gasteiger partial charge is 0.220 e. The van der Waals surface area contributed by atoms with E-state index in [-0.39, 0.29) is 6.42 Å². The lowest BCUT2D eigenvalue weighted by molar-refractivity contribution is -0.120. The van der Waals surface area contributed by atoms with E-state index < -0.39 is 12.0 Å². The number of aliphatic hydroxyl groups excluding tert-OH is 1. The lowest BCUT2D eigenvalue weighted by Gasteiger charge is -2.13. The van der Waals surface area contributed by atoms with E-state index in [4.69, 9.17) is 10.8 Å². The number of hydrogen-bond acceptors (Lipinski definition) is 3. The Labute approximate surface area is 60.6 Å². The highest BCUT2D eigenvalue weighted by atomic mass is 16.3. The number of rotatable bonds is 4. The maximum atomic E-state index is 10.2. The van der Waals surface area contributed by atoms with Gasteiger partial charge in [0.05, 0.1) is 12.5 Å². The van der Waals surface area contributed by atoms with Gasteiger partial charge in [0, 0.05) is 6.54 Å². The van der Waals surface area contributed by atoms with E-state index in [1.165, 1.54) is 0 Å². The summed E-state index contributed by atoms with van der Waals surface area (Å²) in [6.45, 7) is 0.475. The Morgan fingerprint density at radius 3 is 2.50 bits per heavy atom. The summed E-state index contributed by atoms with van der Waals surface area (Å²) in [5.74, 6) is -0.464. The summed E-state index contributed by atoms with van der Waals surface area (Å²) >= 11 is 0. The summed E-state index contributed by atoms with van der Waals surface area (Å²) in [5.41, 5.74) is 4.85. The van der Waals surface area contributed by atoms with E-state index in [2.05, 4.69) is 0 Å². The van der Waals surface area contributed by atoms with Crippen LogP contribution in [-0.2, 0) is 4.79 Å². The minimum Gasteiger partial charge on any atom is -0.391 e. The molecule has 0 saturated heterocycles. The largest absolute Gasteiger partial charge is 0.391 e. The topological polar surface area (TPSA) is 66.6 Å². The van der Waals surface area contributed by atoms with Crippen molar-refractivity contribution in [3.05, 3.63) is 0 Å². The van der Waals surface area contributed by atoms with Crippen LogP contribution in [0.3, 0.4) is 0 Å². The van der Waals surface area contributed by atoms with Crippen LogP contribution >= 0.6 is 0 Å². The van der Waals surface area contributed by atoms with Crippen molar-refractivity contribution in [1.82, 2.24) is 4.90 Å². The highest BCUT2D eigenvalue weighted by Gasteiger charge is 2.07. The van der Waals surface area contributed by atoms with E-state index in [0.29, 0.717) is 6.54 Å². The summed E-state index contributed by atoms with van der Waals surface area (Å²) in [4.78, 5) is 12.0. The fourth-order valence-electron chi connectivity index (χ4n) is 0.718. The molecular weight excluding hydrogens is 132 g/mol. The number of carbonyl (C=O) groups is 1. The number of likely N-dealkylation sites (N-methyl/N-ethyl adjacent to an activating group) is 1. The van der Waals surface area contributed by atoms with Crippen LogP contribution in [0.5, 0.6) is 0 Å². The van der Waals surface area contributed by atoms with Gasteiger partial charge in [-0.15, -0.1) is 0 Å². The molecule has 0 bridgehead atoms. The summed E-state index contributed by atoms with van der Waals surface area (Å²) in [5, 5.41) is 9.05. The lowest BCUT2D eigenvalue weighted by Crippen LogP contribution is -2.29. The minimum absolute atomic E-state index is 0.0399. The van der Waals surface area contributed by atoms with Crippen molar-refractivity contribution < 1.29 is 9.90 Å². The average Bonchev–Trinajstić information content (AvgIpc) is 1.58. The molecule has 10 heavy (non-hydrogen) atoms. The van der Waals surface area contributed by atoms with E-state index in [9.17, 15) is 4.79 Å². The van der Waals surface area contributed by atoms with Gasteiger partial charge >= 0.3 is 0 Å². The number of aliphatic hydroxyl groups is 1. The molecule has 0 fully saturated rings. The molecule has 0 rings (SSSR count). The number of nitrogens with zero attached hydrogens (tertiary/aromatic N) is 1. The summed E-state index contributed by atoms with van der Waals surface area (Å²) in [6.07, 6.45) is -0.592. The van der Waals surface area contributed by atoms with E-state index in [1.807, 2.05) is 14.1 Å². The molecule has 3 N–H and O–H groups in total. The van der Waals surface area contributed by atoms with E-state index in [0.717, 1.165) is 0 Å². The first kappa shape index (κ1) is 9.39. The first-order chi connectivity index (χ1) is 4.52. The van der Waals surface area contributed by atoms with Crippen molar-refractivity contribution in [2.75, 3.05) is 20.6 Å². The van der Waals surface area contributed by atoms with Crippen molar-refractivity contribution in [2.45, 2.75) is 12.5 Å². The predicted octanol–water partition coefficient (Wildman–Crippen LogP) is -1.22. The van der Waals surface area contributed by atoms with Gasteiger partial charge in [0.25, 0.3) is 0 Å². The van der Waals surface area contributed by atoms with Gasteiger partial charge in [-0.2, -0.15) is 0 Å². The van der Waals surface area contributed by atoms with Crippen molar-refractivity contribution in [1.29, 1.82) is 0 Å². The Kier molecular flexibility index (Phi) is 3.99. The third-order valence-corrected chi connectivity index (χ3v) is 1.01. The molecule has 0 aliphatic heterocycles. The van der Waals surface area contributed by atoms with Gasteiger partial charge in [0.1, 0.15) is 0 Å². The molecular formula is C6H14N2O2. The van der Waals surface area contributed by atoms with Crippen LogP contribution in [0.4, 0.5) is 0 Å². The fourth-order valence-corrected chi connectivity index (χ4v) is 0.718. The zero-order chi connectivity index (χ0) is 8.15. The van der Waals surface area contributed by atoms with Crippen molar-refractivity contribution in [3.63, 3.8) is 0 Å². The molecule has 0 heterocycles. The molecule has 0 radical (unpaired) electrons. The molecule has 4 heteroatoms. The summed E-state index contributed by atoms with van der Waals surface area (Å²) in [6, 6.07) is 0. The summed E-state index contributed by atoms with van der Waals surface area (Å²) < 4.78 is 0. The highest BCUT2D eigenvalue weighted by Crippen LogP contribution is 1.90. The van der Waals surface area contributed by atoms with Gasteiger partial charge in [-0.05, 0) is 14.1 Å². The van der Waals surface area contributed by atoms with Crippen molar-refractivity contribution >= 4 is 5.91 Å².